The summed E-state index contributed by atoms with van der Waals surface area (Å²) in [6, 6.07) is 0. The van der Waals surface area contributed by atoms with Crippen LogP contribution in [0, 0.1) is 10.8 Å². The SMILES string of the molecule is CC(C)(C)/C(=C/[Si](C)(C)C)[N-][Si](C)(C)C.CC(C)(C)/C(=C/[Si](C)(C)C)[N-][Si](C)(C)C.[Cl][Zr+2][Cl]. The van der Waals surface area contributed by atoms with E-state index in [4.69, 9.17) is 27.0 Å². The average molecular weight is 647 g/mol. The molecular weight excluding hydrogens is 591 g/mol. The molecule has 0 saturated carbocycles. The molecule has 0 aromatic carbocycles. The van der Waals surface area contributed by atoms with Crippen molar-refractivity contribution in [2.24, 2.45) is 10.8 Å². The van der Waals surface area contributed by atoms with Gasteiger partial charge in [0.1, 0.15) is 0 Å². The van der Waals surface area contributed by atoms with Gasteiger partial charge in [-0.05, 0) is 27.3 Å². The Bertz CT molecular complexity index is 557. The molecule has 0 rings (SSSR count). The first kappa shape index (κ1) is 38.9. The standard InChI is InChI=1S/2C12H28NSi2.2ClH.Zr/c2*1-12(2,3)11(10-14(4,5)6)13-15(7,8)9;;;/h2*10H,1-9H3;2*1H;/q2*-1;;;+4/p-2/b2*11-10-;;;. The summed E-state index contributed by atoms with van der Waals surface area (Å²) < 4.78 is 0. The van der Waals surface area contributed by atoms with Crippen molar-refractivity contribution < 1.29 is 20.8 Å². The van der Waals surface area contributed by atoms with E-state index in [-0.39, 0.29) is 10.8 Å². The zero-order chi connectivity index (χ0) is 27.7. The molecule has 0 aliphatic rings. The molecule has 2 nitrogen and oxygen atoms in total. The zero-order valence-corrected chi connectivity index (χ0v) is 33.3. The fourth-order valence-electron chi connectivity index (χ4n) is 2.38. The van der Waals surface area contributed by atoms with Crippen LogP contribution in [-0.4, -0.2) is 32.6 Å². The van der Waals surface area contributed by atoms with Crippen LogP contribution in [0.3, 0.4) is 0 Å². The van der Waals surface area contributed by atoms with Gasteiger partial charge in [-0.3, -0.25) is 0 Å². The van der Waals surface area contributed by atoms with E-state index in [0.29, 0.717) is 0 Å². The summed E-state index contributed by atoms with van der Waals surface area (Å²) in [4.78, 5) is 10.0. The van der Waals surface area contributed by atoms with Gasteiger partial charge < -0.3 is 9.96 Å². The van der Waals surface area contributed by atoms with E-state index in [1.807, 2.05) is 0 Å². The van der Waals surface area contributed by atoms with Crippen LogP contribution in [-0.2, 0) is 20.8 Å². The number of nitrogens with zero attached hydrogens (tertiary/aromatic N) is 2. The summed E-state index contributed by atoms with van der Waals surface area (Å²) in [6.07, 6.45) is 0. The molecule has 0 saturated heterocycles. The van der Waals surface area contributed by atoms with Crippen LogP contribution in [0.2, 0.25) is 78.6 Å². The second kappa shape index (κ2) is 15.0. The van der Waals surface area contributed by atoms with E-state index in [2.05, 4.69) is 132 Å². The molecule has 0 bridgehead atoms. The van der Waals surface area contributed by atoms with Gasteiger partial charge in [0.25, 0.3) is 0 Å². The Hall–Kier alpha value is 1.41. The number of rotatable bonds is 6. The fourth-order valence-corrected chi connectivity index (χ4v) is 7.52. The molecule has 0 aliphatic carbocycles. The van der Waals surface area contributed by atoms with Crippen LogP contribution in [0.1, 0.15) is 41.5 Å². The van der Waals surface area contributed by atoms with Gasteiger partial charge in [-0.25, -0.2) is 0 Å². The van der Waals surface area contributed by atoms with Crippen molar-refractivity contribution in [1.82, 2.24) is 0 Å². The van der Waals surface area contributed by atoms with E-state index in [1.54, 1.807) is 0 Å². The van der Waals surface area contributed by atoms with Crippen molar-refractivity contribution in [3.63, 3.8) is 0 Å². The van der Waals surface area contributed by atoms with Gasteiger partial charge in [-0.15, -0.1) is 11.4 Å². The molecule has 0 atom stereocenters. The van der Waals surface area contributed by atoms with Crippen LogP contribution in [0.15, 0.2) is 22.8 Å². The summed E-state index contributed by atoms with van der Waals surface area (Å²) in [6.45, 7) is 41.7. The first-order valence-corrected chi connectivity index (χ1v) is 32.3. The van der Waals surface area contributed by atoms with Crippen LogP contribution in [0.4, 0.5) is 0 Å². The number of hydrogen-bond acceptors (Lipinski definition) is 0. The van der Waals surface area contributed by atoms with Gasteiger partial charge in [-0.1, -0.05) is 120 Å². The second-order valence-corrected chi connectivity index (χ2v) is 37.8. The van der Waals surface area contributed by atoms with Gasteiger partial charge in [-0.2, -0.15) is 11.4 Å². The molecule has 0 N–H and O–H groups in total. The molecule has 196 valence electrons. The normalized spacial score (nSPS) is 14.3. The summed E-state index contributed by atoms with van der Waals surface area (Å²) in [5.41, 5.74) is 7.99. The third kappa shape index (κ3) is 29.5. The van der Waals surface area contributed by atoms with E-state index in [1.165, 1.54) is 11.4 Å². The van der Waals surface area contributed by atoms with Crippen molar-refractivity contribution in [3.8, 4) is 0 Å². The second-order valence-electron chi connectivity index (χ2n) is 14.9. The van der Waals surface area contributed by atoms with Gasteiger partial charge >= 0.3 is 37.9 Å². The van der Waals surface area contributed by atoms with E-state index >= 15 is 0 Å². The van der Waals surface area contributed by atoms with Gasteiger partial charge in [0.15, 0.2) is 0 Å². The quantitative estimate of drug-likeness (QED) is 0.257. The molecular formula is C24H56Cl2N2Si4Zr. The molecule has 0 unspecified atom stereocenters. The van der Waals surface area contributed by atoms with Crippen molar-refractivity contribution in [1.29, 1.82) is 0 Å². The molecule has 0 fully saturated rings. The molecule has 33 heavy (non-hydrogen) atoms. The van der Waals surface area contributed by atoms with Crippen molar-refractivity contribution >= 4 is 49.6 Å². The number of hydrogen-bond donors (Lipinski definition) is 0. The third-order valence-corrected chi connectivity index (χ3v) is 7.69. The van der Waals surface area contributed by atoms with Crippen molar-refractivity contribution in [3.05, 3.63) is 32.8 Å². The van der Waals surface area contributed by atoms with Crippen LogP contribution in [0.25, 0.3) is 9.96 Å². The molecule has 9 heteroatoms. The van der Waals surface area contributed by atoms with Crippen molar-refractivity contribution in [2.75, 3.05) is 0 Å². The van der Waals surface area contributed by atoms with Crippen molar-refractivity contribution in [2.45, 2.75) is 120 Å². The molecule has 0 spiro atoms. The Morgan fingerprint density at radius 3 is 0.818 bits per heavy atom. The Morgan fingerprint density at radius 1 is 0.545 bits per heavy atom. The van der Waals surface area contributed by atoms with Crippen LogP contribution in [0.5, 0.6) is 0 Å². The summed E-state index contributed by atoms with van der Waals surface area (Å²) >= 11 is -0.826. The van der Waals surface area contributed by atoms with E-state index in [0.717, 1.165) is 0 Å². The molecule has 0 aromatic rings. The van der Waals surface area contributed by atoms with Crippen LogP contribution >= 0.6 is 17.0 Å². The molecule has 0 aliphatic heterocycles. The van der Waals surface area contributed by atoms with Gasteiger partial charge in [0.05, 0.1) is 16.1 Å². The molecule has 0 heterocycles. The summed E-state index contributed by atoms with van der Waals surface area (Å²) in [5, 5.41) is 0. The predicted molar refractivity (Wildman–Crippen MR) is 167 cm³/mol. The summed E-state index contributed by atoms with van der Waals surface area (Å²) in [7, 11) is 4.84. The number of halogens is 2. The van der Waals surface area contributed by atoms with Gasteiger partial charge in [0, 0.05) is 0 Å². The molecule has 0 aromatic heterocycles. The summed E-state index contributed by atoms with van der Waals surface area (Å²) in [5.74, 6) is 0. The number of allylic oxidation sites excluding steroid dienone is 2. The Labute approximate surface area is 232 Å². The fraction of sp³-hybridized carbons (Fsp3) is 0.833. The minimum atomic E-state index is -1.35. The van der Waals surface area contributed by atoms with E-state index < -0.39 is 53.5 Å². The first-order chi connectivity index (χ1) is 14.0. The van der Waals surface area contributed by atoms with Crippen LogP contribution < -0.4 is 0 Å². The zero-order valence-electron chi connectivity index (χ0n) is 25.3. The molecule has 0 radical (unpaired) electrons. The average Bonchev–Trinajstić information content (AvgIpc) is 2.39. The third-order valence-electron chi connectivity index (χ3n) is 3.59. The maximum atomic E-state index is 5.00. The molecule has 0 amide bonds. The first-order valence-electron chi connectivity index (χ1n) is 11.9. The Kier molecular flexibility index (Phi) is 17.7. The Morgan fingerprint density at radius 2 is 0.727 bits per heavy atom. The van der Waals surface area contributed by atoms with Gasteiger partial charge in [0.2, 0.25) is 0 Å². The van der Waals surface area contributed by atoms with E-state index in [9.17, 15) is 0 Å². The monoisotopic (exact) mass is 644 g/mol. The Balaban J connectivity index is -0.000000487. The minimum absolute atomic E-state index is 0.195. The maximum absolute atomic E-state index is 5.00. The topological polar surface area (TPSA) is 28.2 Å². The predicted octanol–water partition coefficient (Wildman–Crippen LogP) is 11.4.